The number of halogens is 3. The minimum absolute atomic E-state index is 0.179. The SMILES string of the molecule is O=Cc1ccc(C(=O)NCCCN2CCN(c3cccc(C(F)(F)F)c3)CC2)cc1. The summed E-state index contributed by atoms with van der Waals surface area (Å²) < 4.78 is 38.7. The summed E-state index contributed by atoms with van der Waals surface area (Å²) >= 11 is 0. The molecule has 0 atom stereocenters. The highest BCUT2D eigenvalue weighted by Gasteiger charge is 2.31. The number of carbonyl (C=O) groups excluding carboxylic acids is 2. The second-order valence-electron chi connectivity index (χ2n) is 7.23. The fourth-order valence-corrected chi connectivity index (χ4v) is 3.43. The second kappa shape index (κ2) is 9.75. The molecule has 1 fully saturated rings. The highest BCUT2D eigenvalue weighted by atomic mass is 19.4. The lowest BCUT2D eigenvalue weighted by molar-refractivity contribution is -0.137. The van der Waals surface area contributed by atoms with E-state index in [4.69, 9.17) is 0 Å². The van der Waals surface area contributed by atoms with Gasteiger partial charge in [0.2, 0.25) is 0 Å². The smallest absolute Gasteiger partial charge is 0.369 e. The van der Waals surface area contributed by atoms with Crippen molar-refractivity contribution in [2.24, 2.45) is 0 Å². The van der Waals surface area contributed by atoms with Crippen LogP contribution in [-0.2, 0) is 6.18 Å². The van der Waals surface area contributed by atoms with Crippen LogP contribution in [-0.4, -0.2) is 56.4 Å². The fraction of sp³-hybridized carbons (Fsp3) is 0.364. The Morgan fingerprint density at radius 2 is 1.73 bits per heavy atom. The summed E-state index contributed by atoms with van der Waals surface area (Å²) in [6.07, 6.45) is -2.82. The molecule has 1 amide bonds. The van der Waals surface area contributed by atoms with E-state index in [9.17, 15) is 22.8 Å². The van der Waals surface area contributed by atoms with Gasteiger partial charge in [-0.05, 0) is 43.3 Å². The monoisotopic (exact) mass is 419 g/mol. The standard InChI is InChI=1S/C22H24F3N3O2/c23-22(24,25)19-3-1-4-20(15-19)28-13-11-27(12-14-28)10-2-9-26-21(30)18-7-5-17(16-29)6-8-18/h1,3-8,15-16H,2,9-14H2,(H,26,30). The summed E-state index contributed by atoms with van der Waals surface area (Å²) in [4.78, 5) is 27.0. The van der Waals surface area contributed by atoms with Crippen LogP contribution in [0, 0.1) is 0 Å². The van der Waals surface area contributed by atoms with Crippen LogP contribution in [0.4, 0.5) is 18.9 Å². The van der Waals surface area contributed by atoms with Crippen molar-refractivity contribution in [3.63, 3.8) is 0 Å². The van der Waals surface area contributed by atoms with E-state index in [0.29, 0.717) is 36.4 Å². The van der Waals surface area contributed by atoms with Crippen LogP contribution in [0.1, 0.15) is 32.7 Å². The molecule has 1 N–H and O–H groups in total. The first kappa shape index (κ1) is 21.8. The van der Waals surface area contributed by atoms with Crippen LogP contribution in [0.25, 0.3) is 0 Å². The third-order valence-electron chi connectivity index (χ3n) is 5.16. The molecule has 0 unspecified atom stereocenters. The Kier molecular flexibility index (Phi) is 7.10. The maximum Gasteiger partial charge on any atom is 0.416 e. The van der Waals surface area contributed by atoms with Gasteiger partial charge in [0.15, 0.2) is 0 Å². The fourth-order valence-electron chi connectivity index (χ4n) is 3.43. The molecule has 2 aromatic carbocycles. The average molecular weight is 419 g/mol. The number of hydrogen-bond donors (Lipinski definition) is 1. The molecule has 8 heteroatoms. The Bertz CT molecular complexity index is 861. The molecule has 1 aliphatic heterocycles. The lowest BCUT2D eigenvalue weighted by Gasteiger charge is -2.36. The van der Waals surface area contributed by atoms with E-state index in [-0.39, 0.29) is 5.91 Å². The first-order valence-electron chi connectivity index (χ1n) is 9.85. The molecule has 5 nitrogen and oxygen atoms in total. The van der Waals surface area contributed by atoms with Crippen molar-refractivity contribution in [2.75, 3.05) is 44.2 Å². The zero-order valence-corrected chi connectivity index (χ0v) is 16.5. The van der Waals surface area contributed by atoms with E-state index in [1.165, 1.54) is 12.1 Å². The van der Waals surface area contributed by atoms with Crippen LogP contribution in [0.2, 0.25) is 0 Å². The number of piperazine rings is 1. The number of carbonyl (C=O) groups is 2. The third kappa shape index (κ3) is 5.82. The predicted molar refractivity (Wildman–Crippen MR) is 109 cm³/mol. The minimum atomic E-state index is -4.33. The number of nitrogens with zero attached hydrogens (tertiary/aromatic N) is 2. The molecule has 160 valence electrons. The Balaban J connectivity index is 1.39. The largest absolute Gasteiger partial charge is 0.416 e. The van der Waals surface area contributed by atoms with Crippen molar-refractivity contribution in [3.8, 4) is 0 Å². The molecular formula is C22H24F3N3O2. The predicted octanol–water partition coefficient (Wildman–Crippen LogP) is 3.46. The summed E-state index contributed by atoms with van der Waals surface area (Å²) in [7, 11) is 0. The first-order chi connectivity index (χ1) is 14.4. The second-order valence-corrected chi connectivity index (χ2v) is 7.23. The highest BCUT2D eigenvalue weighted by molar-refractivity contribution is 5.94. The van der Waals surface area contributed by atoms with E-state index < -0.39 is 11.7 Å². The Morgan fingerprint density at radius 3 is 2.37 bits per heavy atom. The van der Waals surface area contributed by atoms with Gasteiger partial charge in [0.1, 0.15) is 6.29 Å². The molecule has 2 aromatic rings. The van der Waals surface area contributed by atoms with E-state index in [2.05, 4.69) is 10.2 Å². The van der Waals surface area contributed by atoms with Crippen molar-refractivity contribution in [3.05, 3.63) is 65.2 Å². The van der Waals surface area contributed by atoms with Gasteiger partial charge in [-0.2, -0.15) is 13.2 Å². The van der Waals surface area contributed by atoms with Gasteiger partial charge in [0, 0.05) is 49.5 Å². The molecule has 1 aliphatic rings. The van der Waals surface area contributed by atoms with Gasteiger partial charge in [-0.1, -0.05) is 18.2 Å². The zero-order chi connectivity index (χ0) is 21.6. The number of amides is 1. The van der Waals surface area contributed by atoms with Gasteiger partial charge in [-0.3, -0.25) is 14.5 Å². The maximum absolute atomic E-state index is 12.9. The zero-order valence-electron chi connectivity index (χ0n) is 16.5. The summed E-state index contributed by atoms with van der Waals surface area (Å²) in [5.74, 6) is -0.179. The molecule has 0 aromatic heterocycles. The number of anilines is 1. The average Bonchev–Trinajstić information content (AvgIpc) is 2.76. The highest BCUT2D eigenvalue weighted by Crippen LogP contribution is 2.31. The topological polar surface area (TPSA) is 52.7 Å². The Morgan fingerprint density at radius 1 is 1.03 bits per heavy atom. The Hall–Kier alpha value is -2.87. The number of nitrogens with one attached hydrogen (secondary N) is 1. The normalized spacial score (nSPS) is 15.1. The summed E-state index contributed by atoms with van der Waals surface area (Å²) in [5, 5.41) is 2.86. The summed E-state index contributed by atoms with van der Waals surface area (Å²) in [6, 6.07) is 11.9. The van der Waals surface area contributed by atoms with E-state index in [1.807, 2.05) is 4.90 Å². The van der Waals surface area contributed by atoms with E-state index in [0.717, 1.165) is 38.4 Å². The molecule has 0 saturated carbocycles. The van der Waals surface area contributed by atoms with Crippen LogP contribution in [0.5, 0.6) is 0 Å². The molecule has 0 radical (unpaired) electrons. The van der Waals surface area contributed by atoms with Crippen molar-refractivity contribution >= 4 is 17.9 Å². The number of rotatable bonds is 7. The van der Waals surface area contributed by atoms with Crippen molar-refractivity contribution in [1.29, 1.82) is 0 Å². The lowest BCUT2D eigenvalue weighted by Crippen LogP contribution is -2.47. The van der Waals surface area contributed by atoms with Crippen LogP contribution < -0.4 is 10.2 Å². The van der Waals surface area contributed by atoms with Crippen LogP contribution in [0.15, 0.2) is 48.5 Å². The van der Waals surface area contributed by atoms with E-state index >= 15 is 0 Å². The van der Waals surface area contributed by atoms with Gasteiger partial charge in [0.25, 0.3) is 5.91 Å². The van der Waals surface area contributed by atoms with Crippen molar-refractivity contribution < 1.29 is 22.8 Å². The molecule has 0 aliphatic carbocycles. The first-order valence-corrected chi connectivity index (χ1v) is 9.85. The number of alkyl halides is 3. The minimum Gasteiger partial charge on any atom is -0.369 e. The number of benzene rings is 2. The van der Waals surface area contributed by atoms with Crippen molar-refractivity contribution in [1.82, 2.24) is 10.2 Å². The van der Waals surface area contributed by atoms with Gasteiger partial charge >= 0.3 is 6.18 Å². The summed E-state index contributed by atoms with van der Waals surface area (Å²) in [5.41, 5.74) is 1.00. The molecule has 1 saturated heterocycles. The molecule has 30 heavy (non-hydrogen) atoms. The molecule has 0 spiro atoms. The maximum atomic E-state index is 12.9. The van der Waals surface area contributed by atoms with Crippen LogP contribution >= 0.6 is 0 Å². The molecule has 3 rings (SSSR count). The van der Waals surface area contributed by atoms with Gasteiger partial charge in [-0.15, -0.1) is 0 Å². The quantitative estimate of drug-likeness (QED) is 0.552. The third-order valence-corrected chi connectivity index (χ3v) is 5.16. The van der Waals surface area contributed by atoms with E-state index in [1.54, 1.807) is 30.3 Å². The molecule has 1 heterocycles. The van der Waals surface area contributed by atoms with Gasteiger partial charge < -0.3 is 10.2 Å². The summed E-state index contributed by atoms with van der Waals surface area (Å²) in [6.45, 7) is 4.19. The Labute approximate surface area is 173 Å². The van der Waals surface area contributed by atoms with Crippen LogP contribution in [0.3, 0.4) is 0 Å². The molecular weight excluding hydrogens is 395 g/mol. The lowest BCUT2D eigenvalue weighted by atomic mass is 10.1. The van der Waals surface area contributed by atoms with Gasteiger partial charge in [-0.25, -0.2) is 0 Å². The van der Waals surface area contributed by atoms with Crippen molar-refractivity contribution in [2.45, 2.75) is 12.6 Å². The van der Waals surface area contributed by atoms with Gasteiger partial charge in [0.05, 0.1) is 5.56 Å². The number of aldehydes is 1. The number of hydrogen-bond acceptors (Lipinski definition) is 4. The molecule has 0 bridgehead atoms.